The van der Waals surface area contributed by atoms with Crippen LogP contribution in [0.4, 0.5) is 0 Å². The van der Waals surface area contributed by atoms with Gasteiger partial charge in [-0.15, -0.1) is 0 Å². The summed E-state index contributed by atoms with van der Waals surface area (Å²) in [5.74, 6) is -1.51. The maximum absolute atomic E-state index is 11.8. The molecule has 0 saturated heterocycles. The van der Waals surface area contributed by atoms with Crippen LogP contribution in [0.25, 0.3) is 0 Å². The summed E-state index contributed by atoms with van der Waals surface area (Å²) in [6, 6.07) is 7.30. The average Bonchev–Trinajstić information content (AvgIpc) is 3.02. The van der Waals surface area contributed by atoms with Crippen molar-refractivity contribution in [3.05, 3.63) is 53.3 Å². The van der Waals surface area contributed by atoms with Crippen molar-refractivity contribution in [3.8, 4) is 5.75 Å². The van der Waals surface area contributed by atoms with Crippen LogP contribution in [0.2, 0.25) is 0 Å². The normalized spacial score (nSPS) is 10.1. The monoisotopic (exact) mass is 317 g/mol. The van der Waals surface area contributed by atoms with Crippen molar-refractivity contribution < 1.29 is 24.2 Å². The molecule has 0 fully saturated rings. The first kappa shape index (κ1) is 16.1. The molecule has 2 rings (SSSR count). The Bertz CT molecular complexity index is 721. The Hall–Kier alpha value is -3.29. The van der Waals surface area contributed by atoms with Gasteiger partial charge in [-0.25, -0.2) is 4.79 Å². The van der Waals surface area contributed by atoms with Gasteiger partial charge in [0.05, 0.1) is 17.7 Å². The number of aromatic amines is 1. The second-order valence-corrected chi connectivity index (χ2v) is 4.60. The number of primary amides is 1. The summed E-state index contributed by atoms with van der Waals surface area (Å²) in [5.41, 5.74) is 5.71. The van der Waals surface area contributed by atoms with Crippen LogP contribution in [-0.4, -0.2) is 41.0 Å². The smallest absolute Gasteiger partial charge is 0.335 e. The molecule has 0 aliphatic heterocycles. The van der Waals surface area contributed by atoms with Gasteiger partial charge in [-0.3, -0.25) is 9.59 Å². The van der Waals surface area contributed by atoms with Crippen LogP contribution in [0.1, 0.15) is 31.2 Å². The molecule has 23 heavy (non-hydrogen) atoms. The number of nitrogens with one attached hydrogen (secondary N) is 2. The number of aromatic carboxylic acids is 1. The number of rotatable bonds is 7. The number of amides is 2. The molecule has 2 amide bonds. The van der Waals surface area contributed by atoms with Crippen molar-refractivity contribution in [2.24, 2.45) is 5.73 Å². The van der Waals surface area contributed by atoms with Gasteiger partial charge in [0.1, 0.15) is 18.1 Å². The number of hydrogen-bond acceptors (Lipinski definition) is 4. The number of aromatic nitrogens is 1. The summed E-state index contributed by atoms with van der Waals surface area (Å²) < 4.78 is 5.38. The molecule has 8 nitrogen and oxygen atoms in total. The summed E-state index contributed by atoms with van der Waals surface area (Å²) in [6.07, 6.45) is 1.39. The molecule has 1 heterocycles. The second-order valence-electron chi connectivity index (χ2n) is 4.60. The van der Waals surface area contributed by atoms with Gasteiger partial charge in [-0.1, -0.05) is 0 Å². The van der Waals surface area contributed by atoms with Gasteiger partial charge < -0.3 is 25.9 Å². The highest BCUT2D eigenvalue weighted by molar-refractivity contribution is 5.98. The summed E-state index contributed by atoms with van der Waals surface area (Å²) in [7, 11) is 0. The number of benzene rings is 1. The Kier molecular flexibility index (Phi) is 4.98. The lowest BCUT2D eigenvalue weighted by atomic mass is 10.2. The van der Waals surface area contributed by atoms with Gasteiger partial charge in [-0.2, -0.15) is 0 Å². The maximum atomic E-state index is 11.8. The zero-order chi connectivity index (χ0) is 16.8. The molecule has 120 valence electrons. The number of hydrogen-bond donors (Lipinski definition) is 4. The Labute approximate surface area is 131 Å². The van der Waals surface area contributed by atoms with E-state index in [-0.39, 0.29) is 30.3 Å². The Morgan fingerprint density at radius 1 is 1.17 bits per heavy atom. The van der Waals surface area contributed by atoms with E-state index >= 15 is 0 Å². The zero-order valence-electron chi connectivity index (χ0n) is 12.0. The van der Waals surface area contributed by atoms with Gasteiger partial charge in [0.15, 0.2) is 0 Å². The van der Waals surface area contributed by atoms with Crippen LogP contribution >= 0.6 is 0 Å². The van der Waals surface area contributed by atoms with E-state index in [1.807, 2.05) is 0 Å². The molecule has 0 radical (unpaired) electrons. The molecule has 5 N–H and O–H groups in total. The topological polar surface area (TPSA) is 135 Å². The van der Waals surface area contributed by atoms with Gasteiger partial charge in [0, 0.05) is 6.20 Å². The largest absolute Gasteiger partial charge is 0.492 e. The molecule has 0 saturated carbocycles. The van der Waals surface area contributed by atoms with E-state index in [4.69, 9.17) is 15.6 Å². The van der Waals surface area contributed by atoms with Crippen LogP contribution in [0.15, 0.2) is 36.5 Å². The van der Waals surface area contributed by atoms with E-state index in [0.717, 1.165) is 0 Å². The molecular weight excluding hydrogens is 302 g/mol. The average molecular weight is 317 g/mol. The number of carbonyl (C=O) groups excluding carboxylic acids is 2. The van der Waals surface area contributed by atoms with Crippen molar-refractivity contribution in [1.82, 2.24) is 10.3 Å². The molecule has 0 spiro atoms. The molecular formula is C15H15N3O5. The third-order valence-corrected chi connectivity index (χ3v) is 2.97. The van der Waals surface area contributed by atoms with Gasteiger partial charge in [-0.05, 0) is 30.3 Å². The van der Waals surface area contributed by atoms with E-state index in [9.17, 15) is 14.4 Å². The predicted molar refractivity (Wildman–Crippen MR) is 80.5 cm³/mol. The summed E-state index contributed by atoms with van der Waals surface area (Å²) >= 11 is 0. The summed E-state index contributed by atoms with van der Waals surface area (Å²) in [4.78, 5) is 36.0. The highest BCUT2D eigenvalue weighted by Gasteiger charge is 2.10. The predicted octanol–water partition coefficient (Wildman–Crippen LogP) is 0.621. The maximum Gasteiger partial charge on any atom is 0.335 e. The number of H-pyrrole nitrogens is 1. The third kappa shape index (κ3) is 4.34. The highest BCUT2D eigenvalue weighted by Crippen LogP contribution is 2.11. The minimum Gasteiger partial charge on any atom is -0.492 e. The third-order valence-electron chi connectivity index (χ3n) is 2.97. The lowest BCUT2D eigenvalue weighted by Gasteiger charge is -2.07. The summed E-state index contributed by atoms with van der Waals surface area (Å²) in [5, 5.41) is 11.4. The minimum atomic E-state index is -1.01. The Balaban J connectivity index is 1.77. The van der Waals surface area contributed by atoms with E-state index in [2.05, 4.69) is 10.3 Å². The van der Waals surface area contributed by atoms with Crippen LogP contribution in [0.5, 0.6) is 5.75 Å². The van der Waals surface area contributed by atoms with E-state index in [1.165, 1.54) is 36.5 Å². The Morgan fingerprint density at radius 2 is 1.87 bits per heavy atom. The molecule has 0 aliphatic carbocycles. The fourth-order valence-corrected chi connectivity index (χ4v) is 1.80. The Morgan fingerprint density at radius 3 is 2.43 bits per heavy atom. The summed E-state index contributed by atoms with van der Waals surface area (Å²) in [6.45, 7) is 0.460. The fourth-order valence-electron chi connectivity index (χ4n) is 1.80. The van der Waals surface area contributed by atoms with Crippen molar-refractivity contribution in [2.45, 2.75) is 0 Å². The lowest BCUT2D eigenvalue weighted by Crippen LogP contribution is -2.27. The molecule has 0 aliphatic rings. The molecule has 8 heteroatoms. The SMILES string of the molecule is NC(=O)c1cc(C(=O)NCCOc2ccc(C(=O)O)cc2)c[nH]1. The fraction of sp³-hybridized carbons (Fsp3) is 0.133. The standard InChI is InChI=1S/C15H15N3O5/c16-13(19)12-7-10(8-18-12)14(20)17-5-6-23-11-3-1-9(2-4-11)15(21)22/h1-4,7-8,18H,5-6H2,(H2,16,19)(H,17,20)(H,21,22). The van der Waals surface area contributed by atoms with E-state index in [0.29, 0.717) is 11.3 Å². The van der Waals surface area contributed by atoms with Gasteiger partial charge >= 0.3 is 5.97 Å². The number of nitrogens with two attached hydrogens (primary N) is 1. The van der Waals surface area contributed by atoms with E-state index in [1.54, 1.807) is 0 Å². The quantitative estimate of drug-likeness (QED) is 0.555. The van der Waals surface area contributed by atoms with Crippen LogP contribution < -0.4 is 15.8 Å². The molecule has 0 atom stereocenters. The molecule has 1 aromatic heterocycles. The van der Waals surface area contributed by atoms with Crippen LogP contribution in [0, 0.1) is 0 Å². The number of ether oxygens (including phenoxy) is 1. The molecule has 2 aromatic rings. The lowest BCUT2D eigenvalue weighted by molar-refractivity contribution is 0.0696. The number of carboxylic acids is 1. The molecule has 0 unspecified atom stereocenters. The second kappa shape index (κ2) is 7.12. The number of carbonyl (C=O) groups is 3. The van der Waals surface area contributed by atoms with Crippen molar-refractivity contribution >= 4 is 17.8 Å². The van der Waals surface area contributed by atoms with Gasteiger partial charge in [0.25, 0.3) is 11.8 Å². The number of carboxylic acid groups (broad SMARTS) is 1. The molecule has 0 bridgehead atoms. The van der Waals surface area contributed by atoms with Crippen LogP contribution in [-0.2, 0) is 0 Å². The van der Waals surface area contributed by atoms with Gasteiger partial charge in [0.2, 0.25) is 0 Å². The van der Waals surface area contributed by atoms with Crippen molar-refractivity contribution in [3.63, 3.8) is 0 Å². The first-order valence-electron chi connectivity index (χ1n) is 6.70. The van der Waals surface area contributed by atoms with Crippen molar-refractivity contribution in [1.29, 1.82) is 0 Å². The van der Waals surface area contributed by atoms with Crippen molar-refractivity contribution in [2.75, 3.05) is 13.2 Å². The highest BCUT2D eigenvalue weighted by atomic mass is 16.5. The zero-order valence-corrected chi connectivity index (χ0v) is 12.0. The first-order valence-corrected chi connectivity index (χ1v) is 6.70. The first-order chi connectivity index (χ1) is 11.0. The minimum absolute atomic E-state index is 0.157. The van der Waals surface area contributed by atoms with Crippen LogP contribution in [0.3, 0.4) is 0 Å². The van der Waals surface area contributed by atoms with E-state index < -0.39 is 11.9 Å². The molecule has 1 aromatic carbocycles.